The minimum absolute atomic E-state index is 0.686. The van der Waals surface area contributed by atoms with E-state index in [0.717, 1.165) is 25.6 Å². The molecule has 0 saturated heterocycles. The molecule has 0 heterocycles. The van der Waals surface area contributed by atoms with Crippen LogP contribution in [0.15, 0.2) is 0 Å². The maximum Gasteiger partial charge on any atom is 0.0701 e. The van der Waals surface area contributed by atoms with Gasteiger partial charge in [0.05, 0.1) is 26.4 Å². The largest absolute Gasteiger partial charge is 0.379 e. The molecule has 27 heavy (non-hydrogen) atoms. The van der Waals surface area contributed by atoms with Crippen LogP contribution in [0.1, 0.15) is 111 Å². The molecule has 0 rings (SSSR count). The molecule has 0 aromatic heterocycles. The monoisotopic (exact) mass is 386 g/mol. The molecule has 0 aromatic rings. The van der Waals surface area contributed by atoms with Crippen LogP contribution in [0.2, 0.25) is 0 Å². The first kappa shape index (κ1) is 26.9. The van der Waals surface area contributed by atoms with E-state index in [1.165, 1.54) is 83.5 Å². The third-order valence-corrected chi connectivity index (χ3v) is 4.96. The molecule has 0 N–H and O–H groups in total. The minimum atomic E-state index is 0.686. The number of ether oxygens (including phenoxy) is 3. The van der Waals surface area contributed by atoms with Gasteiger partial charge in [-0.2, -0.15) is 0 Å². The molecule has 0 aromatic carbocycles. The Morgan fingerprint density at radius 2 is 0.815 bits per heavy atom. The average Bonchev–Trinajstić information content (AvgIpc) is 2.65. The second-order valence-corrected chi connectivity index (χ2v) is 8.26. The zero-order valence-electron chi connectivity index (χ0n) is 18.9. The highest BCUT2D eigenvalue weighted by atomic mass is 16.5. The lowest BCUT2D eigenvalue weighted by molar-refractivity contribution is 0.0134. The van der Waals surface area contributed by atoms with Gasteiger partial charge < -0.3 is 14.2 Å². The molecule has 0 bridgehead atoms. The third kappa shape index (κ3) is 25.9. The molecule has 0 aliphatic rings. The van der Waals surface area contributed by atoms with Gasteiger partial charge in [-0.1, -0.05) is 97.8 Å². The SMILES string of the molecule is CCCCOCCOCCOCCCCCCCCCCCCCC(C)C. The molecule has 3 nitrogen and oxygen atoms in total. The van der Waals surface area contributed by atoms with Gasteiger partial charge >= 0.3 is 0 Å². The topological polar surface area (TPSA) is 27.7 Å². The van der Waals surface area contributed by atoms with E-state index in [0.29, 0.717) is 26.4 Å². The predicted octanol–water partition coefficient (Wildman–Crippen LogP) is 7.17. The first-order valence-electron chi connectivity index (χ1n) is 12.0. The number of hydrogen-bond donors (Lipinski definition) is 0. The lowest BCUT2D eigenvalue weighted by Crippen LogP contribution is -2.10. The summed E-state index contributed by atoms with van der Waals surface area (Å²) in [6.07, 6.45) is 19.0. The maximum absolute atomic E-state index is 5.62. The molecule has 3 heteroatoms. The van der Waals surface area contributed by atoms with Crippen molar-refractivity contribution in [2.24, 2.45) is 5.92 Å². The Bertz CT molecular complexity index is 256. The van der Waals surface area contributed by atoms with Gasteiger partial charge in [0.2, 0.25) is 0 Å². The molecule has 0 spiro atoms. The summed E-state index contributed by atoms with van der Waals surface area (Å²) < 4.78 is 16.6. The summed E-state index contributed by atoms with van der Waals surface area (Å²) in [5.41, 5.74) is 0. The third-order valence-electron chi connectivity index (χ3n) is 4.96. The van der Waals surface area contributed by atoms with Crippen LogP contribution in [0.3, 0.4) is 0 Å². The van der Waals surface area contributed by atoms with Gasteiger partial charge in [0.15, 0.2) is 0 Å². The molecule has 0 aliphatic heterocycles. The second-order valence-electron chi connectivity index (χ2n) is 8.26. The van der Waals surface area contributed by atoms with Crippen LogP contribution in [0.5, 0.6) is 0 Å². The standard InChI is InChI=1S/C24H50O3/c1-4-5-18-25-20-22-27-23-21-26-19-16-14-12-10-8-6-7-9-11-13-15-17-24(2)3/h24H,4-23H2,1-3H3. The molecule has 0 aliphatic carbocycles. The molecular formula is C24H50O3. The van der Waals surface area contributed by atoms with E-state index in [-0.39, 0.29) is 0 Å². The van der Waals surface area contributed by atoms with E-state index < -0.39 is 0 Å². The summed E-state index contributed by atoms with van der Waals surface area (Å²) in [5, 5.41) is 0. The fourth-order valence-electron chi connectivity index (χ4n) is 3.14. The van der Waals surface area contributed by atoms with Gasteiger partial charge in [0.25, 0.3) is 0 Å². The van der Waals surface area contributed by atoms with E-state index in [9.17, 15) is 0 Å². The summed E-state index contributed by atoms with van der Waals surface area (Å²) in [6, 6.07) is 0. The molecule has 164 valence electrons. The summed E-state index contributed by atoms with van der Waals surface area (Å²) in [5.74, 6) is 0.879. The summed E-state index contributed by atoms with van der Waals surface area (Å²) in [7, 11) is 0. The molecule has 0 saturated carbocycles. The van der Waals surface area contributed by atoms with E-state index in [4.69, 9.17) is 14.2 Å². The number of rotatable bonds is 23. The Labute approximate surface area is 170 Å². The van der Waals surface area contributed by atoms with Crippen molar-refractivity contribution in [1.82, 2.24) is 0 Å². The highest BCUT2D eigenvalue weighted by Crippen LogP contribution is 2.13. The van der Waals surface area contributed by atoms with Crippen molar-refractivity contribution in [2.75, 3.05) is 39.6 Å². The van der Waals surface area contributed by atoms with Gasteiger partial charge in [0, 0.05) is 13.2 Å². The average molecular weight is 387 g/mol. The molecular weight excluding hydrogens is 336 g/mol. The van der Waals surface area contributed by atoms with Crippen LogP contribution in [0.25, 0.3) is 0 Å². The Kier molecular flexibility index (Phi) is 23.8. The summed E-state index contributed by atoms with van der Waals surface area (Å²) in [6.45, 7) is 11.4. The highest BCUT2D eigenvalue weighted by molar-refractivity contribution is 4.50. The van der Waals surface area contributed by atoms with E-state index in [1.54, 1.807) is 0 Å². The zero-order chi connectivity index (χ0) is 19.8. The quantitative estimate of drug-likeness (QED) is 0.174. The highest BCUT2D eigenvalue weighted by Gasteiger charge is 1.96. The predicted molar refractivity (Wildman–Crippen MR) is 118 cm³/mol. The first-order valence-corrected chi connectivity index (χ1v) is 12.0. The van der Waals surface area contributed by atoms with Gasteiger partial charge in [0.1, 0.15) is 0 Å². The Balaban J connectivity index is 2.97. The van der Waals surface area contributed by atoms with Crippen molar-refractivity contribution >= 4 is 0 Å². The van der Waals surface area contributed by atoms with Gasteiger partial charge in [-0.05, 0) is 18.8 Å². The van der Waals surface area contributed by atoms with Crippen molar-refractivity contribution in [3.05, 3.63) is 0 Å². The second kappa shape index (κ2) is 23.9. The molecule has 0 fully saturated rings. The normalized spacial score (nSPS) is 11.6. The lowest BCUT2D eigenvalue weighted by atomic mass is 10.0. The maximum atomic E-state index is 5.62. The lowest BCUT2D eigenvalue weighted by Gasteiger charge is -2.07. The van der Waals surface area contributed by atoms with Gasteiger partial charge in [-0.15, -0.1) is 0 Å². The van der Waals surface area contributed by atoms with Crippen LogP contribution in [0.4, 0.5) is 0 Å². The van der Waals surface area contributed by atoms with Crippen LogP contribution >= 0.6 is 0 Å². The van der Waals surface area contributed by atoms with Crippen LogP contribution in [0, 0.1) is 5.92 Å². The van der Waals surface area contributed by atoms with E-state index in [2.05, 4.69) is 20.8 Å². The Hall–Kier alpha value is -0.120. The van der Waals surface area contributed by atoms with Crippen molar-refractivity contribution in [3.63, 3.8) is 0 Å². The summed E-state index contributed by atoms with van der Waals surface area (Å²) >= 11 is 0. The van der Waals surface area contributed by atoms with Gasteiger partial charge in [-0.25, -0.2) is 0 Å². The summed E-state index contributed by atoms with van der Waals surface area (Å²) in [4.78, 5) is 0. The van der Waals surface area contributed by atoms with Crippen molar-refractivity contribution in [1.29, 1.82) is 0 Å². The Morgan fingerprint density at radius 1 is 0.444 bits per heavy atom. The Morgan fingerprint density at radius 3 is 1.26 bits per heavy atom. The van der Waals surface area contributed by atoms with Crippen LogP contribution < -0.4 is 0 Å². The smallest absolute Gasteiger partial charge is 0.0701 e. The van der Waals surface area contributed by atoms with Crippen molar-refractivity contribution in [3.8, 4) is 0 Å². The van der Waals surface area contributed by atoms with Crippen molar-refractivity contribution < 1.29 is 14.2 Å². The fourth-order valence-corrected chi connectivity index (χ4v) is 3.14. The number of unbranched alkanes of at least 4 members (excludes halogenated alkanes) is 11. The van der Waals surface area contributed by atoms with Crippen molar-refractivity contribution in [2.45, 2.75) is 111 Å². The zero-order valence-corrected chi connectivity index (χ0v) is 18.9. The van der Waals surface area contributed by atoms with E-state index >= 15 is 0 Å². The van der Waals surface area contributed by atoms with Crippen LogP contribution in [-0.2, 0) is 14.2 Å². The molecule has 0 unspecified atom stereocenters. The molecule has 0 atom stereocenters. The molecule has 0 radical (unpaired) electrons. The molecule has 0 amide bonds. The van der Waals surface area contributed by atoms with E-state index in [1.807, 2.05) is 0 Å². The van der Waals surface area contributed by atoms with Crippen LogP contribution in [-0.4, -0.2) is 39.6 Å². The van der Waals surface area contributed by atoms with Gasteiger partial charge in [-0.3, -0.25) is 0 Å². The fraction of sp³-hybridized carbons (Fsp3) is 1.00. The first-order chi connectivity index (χ1) is 13.3. The minimum Gasteiger partial charge on any atom is -0.379 e. The number of hydrogen-bond acceptors (Lipinski definition) is 3.